The topological polar surface area (TPSA) is 75.6 Å². The first kappa shape index (κ1) is 19.2. The molecular weight excluding hydrogens is 354 g/mol. The van der Waals surface area contributed by atoms with E-state index in [2.05, 4.69) is 5.32 Å². The molecule has 3 rings (SSSR count). The SMILES string of the molecule is COCC(CC1(C(=O)N[C@H]2C[C@H]2c2ccc(Cl)cc2)CCCC1)C(=O)O. The minimum atomic E-state index is -0.892. The molecule has 1 aromatic carbocycles. The van der Waals surface area contributed by atoms with E-state index in [1.54, 1.807) is 0 Å². The van der Waals surface area contributed by atoms with Crippen LogP contribution in [0.15, 0.2) is 24.3 Å². The highest BCUT2D eigenvalue weighted by Gasteiger charge is 2.47. The first-order valence-corrected chi connectivity index (χ1v) is 9.61. The molecule has 142 valence electrons. The van der Waals surface area contributed by atoms with E-state index in [9.17, 15) is 14.7 Å². The van der Waals surface area contributed by atoms with Crippen LogP contribution in [-0.2, 0) is 14.3 Å². The lowest BCUT2D eigenvalue weighted by molar-refractivity contribution is -0.146. The van der Waals surface area contributed by atoms with E-state index in [1.807, 2.05) is 24.3 Å². The largest absolute Gasteiger partial charge is 0.481 e. The van der Waals surface area contributed by atoms with Crippen LogP contribution in [-0.4, -0.2) is 36.7 Å². The van der Waals surface area contributed by atoms with Gasteiger partial charge in [-0.15, -0.1) is 0 Å². The molecule has 1 amide bonds. The van der Waals surface area contributed by atoms with Crippen LogP contribution in [0.25, 0.3) is 0 Å². The first-order valence-electron chi connectivity index (χ1n) is 9.23. The van der Waals surface area contributed by atoms with Crippen LogP contribution >= 0.6 is 11.6 Å². The van der Waals surface area contributed by atoms with Crippen molar-refractivity contribution in [2.45, 2.75) is 50.5 Å². The lowest BCUT2D eigenvalue weighted by Crippen LogP contribution is -2.43. The molecule has 2 aliphatic rings. The second-order valence-electron chi connectivity index (χ2n) is 7.66. The summed E-state index contributed by atoms with van der Waals surface area (Å²) in [5.74, 6) is -1.20. The standard InChI is InChI=1S/C20H26ClNO4/c1-26-12-14(18(23)24)11-20(8-2-3-9-20)19(25)22-17-10-16(17)13-4-6-15(21)7-5-13/h4-7,14,16-17H,2-3,8-12H2,1H3,(H,22,25)(H,23,24)/t14?,16-,17-/m0/s1. The average Bonchev–Trinajstić information content (AvgIpc) is 3.20. The number of halogens is 1. The third-order valence-electron chi connectivity index (χ3n) is 5.80. The van der Waals surface area contributed by atoms with E-state index >= 15 is 0 Å². The number of aliphatic carboxylic acids is 1. The van der Waals surface area contributed by atoms with Crippen molar-refractivity contribution >= 4 is 23.5 Å². The zero-order valence-electron chi connectivity index (χ0n) is 15.0. The Labute approximate surface area is 159 Å². The van der Waals surface area contributed by atoms with Gasteiger partial charge in [0.05, 0.1) is 17.9 Å². The fourth-order valence-corrected chi connectivity index (χ4v) is 4.35. The summed E-state index contributed by atoms with van der Waals surface area (Å²) in [6.07, 6.45) is 4.72. The van der Waals surface area contributed by atoms with E-state index in [1.165, 1.54) is 12.7 Å². The molecule has 3 atom stereocenters. The van der Waals surface area contributed by atoms with Crippen LogP contribution in [0, 0.1) is 11.3 Å². The Hall–Kier alpha value is -1.59. The second-order valence-corrected chi connectivity index (χ2v) is 8.09. The number of methoxy groups -OCH3 is 1. The van der Waals surface area contributed by atoms with Gasteiger partial charge in [0.2, 0.25) is 5.91 Å². The molecule has 2 N–H and O–H groups in total. The Morgan fingerprint density at radius 3 is 2.54 bits per heavy atom. The number of benzene rings is 1. The highest BCUT2D eigenvalue weighted by molar-refractivity contribution is 6.30. The van der Waals surface area contributed by atoms with Gasteiger partial charge in [-0.25, -0.2) is 0 Å². The van der Waals surface area contributed by atoms with Gasteiger partial charge >= 0.3 is 5.97 Å². The summed E-state index contributed by atoms with van der Waals surface area (Å²) in [7, 11) is 1.50. The molecule has 0 saturated heterocycles. The summed E-state index contributed by atoms with van der Waals surface area (Å²) in [5, 5.41) is 13.3. The zero-order valence-corrected chi connectivity index (χ0v) is 15.8. The number of nitrogens with one attached hydrogen (secondary N) is 1. The van der Waals surface area contributed by atoms with Gasteiger partial charge in [-0.1, -0.05) is 36.6 Å². The van der Waals surface area contributed by atoms with Crippen LogP contribution < -0.4 is 5.32 Å². The van der Waals surface area contributed by atoms with Gasteiger partial charge in [-0.3, -0.25) is 9.59 Å². The molecule has 2 saturated carbocycles. The Morgan fingerprint density at radius 1 is 1.31 bits per heavy atom. The zero-order chi connectivity index (χ0) is 18.7. The van der Waals surface area contributed by atoms with Gasteiger partial charge in [-0.05, 0) is 43.4 Å². The number of ether oxygens (including phenoxy) is 1. The van der Waals surface area contributed by atoms with Crippen molar-refractivity contribution in [1.29, 1.82) is 0 Å². The molecule has 0 aromatic heterocycles. The maximum atomic E-state index is 13.0. The molecular formula is C20H26ClNO4. The van der Waals surface area contributed by atoms with E-state index in [0.29, 0.717) is 17.4 Å². The Bertz CT molecular complexity index is 654. The van der Waals surface area contributed by atoms with Crippen LogP contribution in [0.2, 0.25) is 5.02 Å². The molecule has 6 heteroatoms. The maximum Gasteiger partial charge on any atom is 0.308 e. The first-order chi connectivity index (χ1) is 12.4. The number of hydrogen-bond donors (Lipinski definition) is 2. The summed E-state index contributed by atoms with van der Waals surface area (Å²) in [4.78, 5) is 24.6. The van der Waals surface area contributed by atoms with Gasteiger partial charge in [0, 0.05) is 24.1 Å². The van der Waals surface area contributed by atoms with Crippen molar-refractivity contribution < 1.29 is 19.4 Å². The number of carboxylic acid groups (broad SMARTS) is 1. The van der Waals surface area contributed by atoms with Gasteiger partial charge in [-0.2, -0.15) is 0 Å². The molecule has 2 aliphatic carbocycles. The van der Waals surface area contributed by atoms with Gasteiger partial charge in [0.15, 0.2) is 0 Å². The summed E-state index contributed by atoms with van der Waals surface area (Å²) in [6, 6.07) is 7.88. The monoisotopic (exact) mass is 379 g/mol. The molecule has 5 nitrogen and oxygen atoms in total. The fraction of sp³-hybridized carbons (Fsp3) is 0.600. The number of carboxylic acids is 1. The van der Waals surface area contributed by atoms with Crippen LogP contribution in [0.1, 0.15) is 50.0 Å². The highest BCUT2D eigenvalue weighted by Crippen LogP contribution is 2.46. The highest BCUT2D eigenvalue weighted by atomic mass is 35.5. The van der Waals surface area contributed by atoms with Crippen molar-refractivity contribution in [2.75, 3.05) is 13.7 Å². The summed E-state index contributed by atoms with van der Waals surface area (Å²) < 4.78 is 5.05. The molecule has 0 radical (unpaired) electrons. The van der Waals surface area contributed by atoms with Crippen molar-refractivity contribution in [1.82, 2.24) is 5.32 Å². The van der Waals surface area contributed by atoms with E-state index in [-0.39, 0.29) is 18.6 Å². The van der Waals surface area contributed by atoms with E-state index in [4.69, 9.17) is 16.3 Å². The number of rotatable bonds is 8. The molecule has 1 unspecified atom stereocenters. The van der Waals surface area contributed by atoms with E-state index < -0.39 is 17.3 Å². The number of hydrogen-bond acceptors (Lipinski definition) is 3. The molecule has 2 fully saturated rings. The van der Waals surface area contributed by atoms with E-state index in [0.717, 1.165) is 32.1 Å². The third kappa shape index (κ3) is 4.21. The minimum Gasteiger partial charge on any atom is -0.481 e. The van der Waals surface area contributed by atoms with Gasteiger partial charge < -0.3 is 15.2 Å². The van der Waals surface area contributed by atoms with Crippen molar-refractivity contribution in [3.05, 3.63) is 34.9 Å². The van der Waals surface area contributed by atoms with Crippen LogP contribution in [0.3, 0.4) is 0 Å². The van der Waals surface area contributed by atoms with Gasteiger partial charge in [0.25, 0.3) is 0 Å². The predicted molar refractivity (Wildman–Crippen MR) is 99.3 cm³/mol. The summed E-state index contributed by atoms with van der Waals surface area (Å²) in [6.45, 7) is 0.140. The molecule has 1 aromatic rings. The lowest BCUT2D eigenvalue weighted by atomic mass is 9.77. The van der Waals surface area contributed by atoms with Crippen molar-refractivity contribution in [2.24, 2.45) is 11.3 Å². The van der Waals surface area contributed by atoms with Crippen LogP contribution in [0.4, 0.5) is 0 Å². The predicted octanol–water partition coefficient (Wildman–Crippen LogP) is 3.61. The lowest BCUT2D eigenvalue weighted by Gasteiger charge is -2.30. The quantitative estimate of drug-likeness (QED) is 0.723. The average molecular weight is 380 g/mol. The van der Waals surface area contributed by atoms with Crippen LogP contribution in [0.5, 0.6) is 0 Å². The van der Waals surface area contributed by atoms with Crippen molar-refractivity contribution in [3.63, 3.8) is 0 Å². The molecule has 0 heterocycles. The second kappa shape index (κ2) is 7.97. The smallest absolute Gasteiger partial charge is 0.308 e. The number of amides is 1. The molecule has 0 bridgehead atoms. The number of carbonyl (C=O) groups excluding carboxylic acids is 1. The third-order valence-corrected chi connectivity index (χ3v) is 6.05. The number of carbonyl (C=O) groups is 2. The Kier molecular flexibility index (Phi) is 5.88. The minimum absolute atomic E-state index is 0.0128. The van der Waals surface area contributed by atoms with Crippen molar-refractivity contribution in [3.8, 4) is 0 Å². The summed E-state index contributed by atoms with van der Waals surface area (Å²) in [5.41, 5.74) is 0.609. The molecule has 26 heavy (non-hydrogen) atoms. The molecule has 0 aliphatic heterocycles. The fourth-order valence-electron chi connectivity index (χ4n) is 4.22. The molecule has 0 spiro atoms. The Morgan fingerprint density at radius 2 is 1.96 bits per heavy atom. The van der Waals surface area contributed by atoms with Gasteiger partial charge in [0.1, 0.15) is 0 Å². The Balaban J connectivity index is 1.64. The maximum absolute atomic E-state index is 13.0. The summed E-state index contributed by atoms with van der Waals surface area (Å²) >= 11 is 5.93. The normalized spacial score (nSPS) is 24.8.